The maximum Gasteiger partial charge on any atom is 0.417 e. The molecule has 0 unspecified atom stereocenters. The van der Waals surface area contributed by atoms with Gasteiger partial charge in [-0.3, -0.25) is 0 Å². The van der Waals surface area contributed by atoms with Crippen molar-refractivity contribution < 1.29 is 42.9 Å². The number of aryl methyl sites for hydroxylation is 1. The second-order valence-electron chi connectivity index (χ2n) is 5.95. The smallest absolute Gasteiger partial charge is 0.417 e. The molecule has 1 aromatic carbocycles. The number of nitrogens with zero attached hydrogens (tertiary/aromatic N) is 4. The summed E-state index contributed by atoms with van der Waals surface area (Å²) in [5.41, 5.74) is -0.603. The van der Waals surface area contributed by atoms with Crippen LogP contribution in [0.2, 0.25) is 0 Å². The predicted octanol–water partition coefficient (Wildman–Crippen LogP) is 2.77. The van der Waals surface area contributed by atoms with Crippen LogP contribution < -0.4 is 0 Å². The number of alkyl halides is 3. The molecule has 10 nitrogen and oxygen atoms in total. The Morgan fingerprint density at radius 2 is 1.52 bits per heavy atom. The SMILES string of the molecule is Cc1cc(C(=O)O)cc(C(=O)O)c1.O=C(O)c1cn(-c2ccc(C(F)(F)F)cn2)nn1. The first-order valence-electron chi connectivity index (χ1n) is 8.16. The molecule has 0 aliphatic rings. The zero-order chi connectivity index (χ0) is 23.3. The summed E-state index contributed by atoms with van der Waals surface area (Å²) in [5.74, 6) is -3.48. The Morgan fingerprint density at radius 3 is 1.90 bits per heavy atom. The van der Waals surface area contributed by atoms with E-state index in [9.17, 15) is 27.6 Å². The van der Waals surface area contributed by atoms with E-state index >= 15 is 0 Å². The summed E-state index contributed by atoms with van der Waals surface area (Å²) >= 11 is 0. The third-order valence-corrected chi connectivity index (χ3v) is 3.59. The highest BCUT2D eigenvalue weighted by Gasteiger charge is 2.30. The Kier molecular flexibility index (Phi) is 6.69. The molecular formula is C18H13F3N4O6. The minimum Gasteiger partial charge on any atom is -0.478 e. The van der Waals surface area contributed by atoms with Gasteiger partial charge >= 0.3 is 24.1 Å². The molecule has 0 spiro atoms. The lowest BCUT2D eigenvalue weighted by Gasteiger charge is -2.06. The zero-order valence-electron chi connectivity index (χ0n) is 15.5. The molecule has 3 N–H and O–H groups in total. The fraction of sp³-hybridized carbons (Fsp3) is 0.111. The Balaban J connectivity index is 0.000000233. The zero-order valence-corrected chi connectivity index (χ0v) is 15.5. The van der Waals surface area contributed by atoms with E-state index < -0.39 is 29.6 Å². The average molecular weight is 438 g/mol. The third kappa shape index (κ3) is 6.09. The van der Waals surface area contributed by atoms with Crippen molar-refractivity contribution in [3.63, 3.8) is 0 Å². The van der Waals surface area contributed by atoms with E-state index in [-0.39, 0.29) is 22.6 Å². The number of benzene rings is 1. The van der Waals surface area contributed by atoms with E-state index in [0.717, 1.165) is 29.1 Å². The van der Waals surface area contributed by atoms with E-state index in [0.29, 0.717) is 11.8 Å². The van der Waals surface area contributed by atoms with Crippen molar-refractivity contribution in [2.75, 3.05) is 0 Å². The largest absolute Gasteiger partial charge is 0.478 e. The van der Waals surface area contributed by atoms with Crippen LogP contribution in [0.15, 0.2) is 42.7 Å². The van der Waals surface area contributed by atoms with Crippen molar-refractivity contribution >= 4 is 17.9 Å². The van der Waals surface area contributed by atoms with Crippen LogP contribution >= 0.6 is 0 Å². The molecule has 162 valence electrons. The number of pyridine rings is 1. The van der Waals surface area contributed by atoms with Crippen LogP contribution in [0.3, 0.4) is 0 Å². The number of carbonyl (C=O) groups is 3. The molecule has 31 heavy (non-hydrogen) atoms. The van der Waals surface area contributed by atoms with Crippen LogP contribution in [0.5, 0.6) is 0 Å². The van der Waals surface area contributed by atoms with Crippen molar-refractivity contribution in [1.82, 2.24) is 20.0 Å². The standard InChI is InChI=1S/C9H5F3N4O2.C9H8O4/c10-9(11,12)5-1-2-7(13-3-5)16-4-6(8(17)18)14-15-16;1-5-2-6(8(10)11)4-7(3-5)9(12)13/h1-4H,(H,17,18);2-4H,1H3,(H,10,11)(H,12,13). The minimum absolute atomic E-state index is 0.00241. The number of rotatable bonds is 4. The molecule has 0 fully saturated rings. The Labute approximate surface area is 171 Å². The number of carboxylic acid groups (broad SMARTS) is 3. The summed E-state index contributed by atoms with van der Waals surface area (Å²) in [4.78, 5) is 35.2. The maximum atomic E-state index is 12.3. The summed E-state index contributed by atoms with van der Waals surface area (Å²) in [6.07, 6.45) is -2.78. The van der Waals surface area contributed by atoms with Gasteiger partial charge in [0.05, 0.1) is 22.9 Å². The van der Waals surface area contributed by atoms with E-state index in [1.807, 2.05) is 0 Å². The number of hydrogen-bond acceptors (Lipinski definition) is 6. The highest BCUT2D eigenvalue weighted by Crippen LogP contribution is 2.28. The summed E-state index contributed by atoms with van der Waals surface area (Å²) in [6, 6.07) is 5.88. The highest BCUT2D eigenvalue weighted by molar-refractivity contribution is 5.94. The van der Waals surface area contributed by atoms with Gasteiger partial charge in [0.25, 0.3) is 0 Å². The van der Waals surface area contributed by atoms with Gasteiger partial charge in [-0.05, 0) is 42.8 Å². The minimum atomic E-state index is -4.47. The first-order valence-corrected chi connectivity index (χ1v) is 8.16. The molecule has 0 aliphatic heterocycles. The first kappa shape index (κ1) is 23.0. The van der Waals surface area contributed by atoms with E-state index in [2.05, 4.69) is 15.3 Å². The van der Waals surface area contributed by atoms with Gasteiger partial charge in [0.1, 0.15) is 0 Å². The van der Waals surface area contributed by atoms with E-state index in [1.165, 1.54) is 12.1 Å². The van der Waals surface area contributed by atoms with Gasteiger partial charge in [-0.1, -0.05) is 5.21 Å². The van der Waals surface area contributed by atoms with Crippen molar-refractivity contribution in [3.05, 3.63) is 70.7 Å². The van der Waals surface area contributed by atoms with Crippen LogP contribution in [-0.4, -0.2) is 53.2 Å². The van der Waals surface area contributed by atoms with Gasteiger partial charge in [0.2, 0.25) is 0 Å². The predicted molar refractivity (Wildman–Crippen MR) is 96.2 cm³/mol. The summed E-state index contributed by atoms with van der Waals surface area (Å²) in [7, 11) is 0. The van der Waals surface area contributed by atoms with Gasteiger partial charge in [0.15, 0.2) is 11.5 Å². The topological polar surface area (TPSA) is 155 Å². The van der Waals surface area contributed by atoms with Gasteiger partial charge in [0, 0.05) is 6.20 Å². The van der Waals surface area contributed by atoms with Gasteiger partial charge in [-0.2, -0.15) is 13.2 Å². The molecule has 0 radical (unpaired) electrons. The molecule has 2 aromatic heterocycles. The number of carboxylic acids is 3. The number of halogens is 3. The highest BCUT2D eigenvalue weighted by atomic mass is 19.4. The number of hydrogen-bond donors (Lipinski definition) is 3. The lowest BCUT2D eigenvalue weighted by atomic mass is 10.1. The van der Waals surface area contributed by atoms with Crippen LogP contribution in [0.1, 0.15) is 42.3 Å². The molecule has 3 rings (SSSR count). The summed E-state index contributed by atoms with van der Waals surface area (Å²) < 4.78 is 37.8. The molecule has 3 aromatic rings. The Hall–Kier alpha value is -4.29. The molecule has 0 saturated carbocycles. The molecule has 2 heterocycles. The van der Waals surface area contributed by atoms with E-state index in [1.54, 1.807) is 6.92 Å². The second kappa shape index (κ2) is 9.02. The lowest BCUT2D eigenvalue weighted by molar-refractivity contribution is -0.137. The molecular weight excluding hydrogens is 425 g/mol. The molecule has 0 atom stereocenters. The van der Waals surface area contributed by atoms with Crippen LogP contribution in [-0.2, 0) is 6.18 Å². The number of aromatic nitrogens is 4. The quantitative estimate of drug-likeness (QED) is 0.557. The third-order valence-electron chi connectivity index (χ3n) is 3.59. The molecule has 13 heteroatoms. The van der Waals surface area contributed by atoms with Gasteiger partial charge in [-0.25, -0.2) is 24.0 Å². The Morgan fingerprint density at radius 1 is 0.935 bits per heavy atom. The van der Waals surface area contributed by atoms with Crippen molar-refractivity contribution in [2.45, 2.75) is 13.1 Å². The molecule has 0 bridgehead atoms. The van der Waals surface area contributed by atoms with Gasteiger partial charge in [-0.15, -0.1) is 5.10 Å². The van der Waals surface area contributed by atoms with Crippen molar-refractivity contribution in [3.8, 4) is 5.82 Å². The second-order valence-corrected chi connectivity index (χ2v) is 5.95. The maximum absolute atomic E-state index is 12.3. The van der Waals surface area contributed by atoms with Gasteiger partial charge < -0.3 is 15.3 Å². The Bertz CT molecular complexity index is 1090. The lowest BCUT2D eigenvalue weighted by Crippen LogP contribution is -2.07. The summed E-state index contributed by atoms with van der Waals surface area (Å²) in [6.45, 7) is 1.65. The number of aromatic carboxylic acids is 3. The van der Waals surface area contributed by atoms with Crippen LogP contribution in [0.4, 0.5) is 13.2 Å². The monoisotopic (exact) mass is 438 g/mol. The van der Waals surface area contributed by atoms with Crippen molar-refractivity contribution in [1.29, 1.82) is 0 Å². The fourth-order valence-electron chi connectivity index (χ4n) is 2.19. The summed E-state index contributed by atoms with van der Waals surface area (Å²) in [5, 5.41) is 32.6. The van der Waals surface area contributed by atoms with E-state index in [4.69, 9.17) is 15.3 Å². The van der Waals surface area contributed by atoms with Crippen molar-refractivity contribution in [2.24, 2.45) is 0 Å². The van der Waals surface area contributed by atoms with Crippen LogP contribution in [0.25, 0.3) is 5.82 Å². The molecule has 0 amide bonds. The molecule has 0 aliphatic carbocycles. The average Bonchev–Trinajstić information content (AvgIpc) is 3.18. The van der Waals surface area contributed by atoms with Crippen LogP contribution in [0, 0.1) is 6.92 Å². The molecule has 0 saturated heterocycles. The fourth-order valence-corrected chi connectivity index (χ4v) is 2.19. The first-order chi connectivity index (χ1) is 14.4. The normalized spacial score (nSPS) is 10.7.